The van der Waals surface area contributed by atoms with Crippen LogP contribution in [0.4, 0.5) is 17.1 Å². The number of benzene rings is 2. The Morgan fingerprint density at radius 1 is 1.16 bits per heavy atom. The Balaban J connectivity index is 1.49. The summed E-state index contributed by atoms with van der Waals surface area (Å²) in [5, 5.41) is 18.2. The summed E-state index contributed by atoms with van der Waals surface area (Å²) in [5.41, 5.74) is 1.44. The lowest BCUT2D eigenvalue weighted by atomic mass is 10.1. The molecular weight excluding hydrogens is 412 g/mol. The molecule has 0 aliphatic carbocycles. The maximum Gasteiger partial charge on any atom is 0.270 e. The second kappa shape index (κ2) is 9.90. The second-order valence-electron chi connectivity index (χ2n) is 7.50. The Labute approximate surface area is 185 Å². The van der Waals surface area contributed by atoms with Crippen LogP contribution in [0.15, 0.2) is 55.1 Å². The monoisotopic (exact) mass is 436 g/mol. The molecule has 2 aromatic carbocycles. The van der Waals surface area contributed by atoms with Crippen molar-refractivity contribution in [2.45, 2.75) is 25.8 Å². The molecule has 1 amide bonds. The third-order valence-electron chi connectivity index (χ3n) is 5.28. The average Bonchev–Trinajstić information content (AvgIpc) is 3.33. The molecule has 0 spiro atoms. The van der Waals surface area contributed by atoms with Gasteiger partial charge in [0.1, 0.15) is 25.0 Å². The van der Waals surface area contributed by atoms with Crippen LogP contribution in [0, 0.1) is 10.1 Å². The molecule has 4 rings (SSSR count). The molecule has 1 saturated heterocycles. The number of carbonyl (C=O) groups excluding carboxylic acids is 1. The smallest absolute Gasteiger partial charge is 0.270 e. The van der Waals surface area contributed by atoms with Crippen molar-refractivity contribution in [3.05, 3.63) is 70.8 Å². The third kappa shape index (κ3) is 5.20. The van der Waals surface area contributed by atoms with Crippen molar-refractivity contribution in [2.75, 3.05) is 29.9 Å². The van der Waals surface area contributed by atoms with E-state index >= 15 is 0 Å². The minimum Gasteiger partial charge on any atom is -0.492 e. The van der Waals surface area contributed by atoms with Crippen molar-refractivity contribution in [1.82, 2.24) is 14.8 Å². The summed E-state index contributed by atoms with van der Waals surface area (Å²) >= 11 is 0. The standard InChI is InChI=1S/C22H24N6O4/c29-22(20-14-18(28(30)31)7-8-21(20)26-9-2-1-3-10-26)25-17-5-4-6-19(13-17)32-12-11-27-16-23-15-24-27/h4-8,13-16H,1-3,9-12H2,(H,25,29). The largest absolute Gasteiger partial charge is 0.492 e. The summed E-state index contributed by atoms with van der Waals surface area (Å²) in [6, 6.07) is 11.5. The Hall–Kier alpha value is -3.95. The van der Waals surface area contributed by atoms with E-state index in [1.54, 1.807) is 41.3 Å². The number of amides is 1. The van der Waals surface area contributed by atoms with Crippen LogP contribution in [-0.4, -0.2) is 45.3 Å². The quantitative estimate of drug-likeness (QED) is 0.424. The molecule has 1 aliphatic heterocycles. The van der Waals surface area contributed by atoms with Crippen molar-refractivity contribution in [3.63, 3.8) is 0 Å². The first kappa shape index (κ1) is 21.3. The lowest BCUT2D eigenvalue weighted by Crippen LogP contribution is -2.31. The van der Waals surface area contributed by atoms with Crippen molar-refractivity contribution in [2.24, 2.45) is 0 Å². The zero-order valence-electron chi connectivity index (χ0n) is 17.5. The van der Waals surface area contributed by atoms with Crippen LogP contribution in [-0.2, 0) is 6.54 Å². The summed E-state index contributed by atoms with van der Waals surface area (Å²) in [4.78, 5) is 29.9. The van der Waals surface area contributed by atoms with Gasteiger partial charge < -0.3 is 15.0 Å². The number of nitro groups is 1. The second-order valence-corrected chi connectivity index (χ2v) is 7.50. The first-order chi connectivity index (χ1) is 15.6. The van der Waals surface area contributed by atoms with E-state index in [0.29, 0.717) is 35.8 Å². The number of nitrogens with zero attached hydrogens (tertiary/aromatic N) is 5. The predicted molar refractivity (Wildman–Crippen MR) is 119 cm³/mol. The SMILES string of the molecule is O=C(Nc1cccc(OCCn2cncn2)c1)c1cc([N+](=O)[O-])ccc1N1CCCCC1. The number of nitro benzene ring substituents is 1. The van der Waals surface area contributed by atoms with E-state index < -0.39 is 10.8 Å². The Morgan fingerprint density at radius 2 is 2.00 bits per heavy atom. The van der Waals surface area contributed by atoms with Gasteiger partial charge in [-0.3, -0.25) is 14.9 Å². The fourth-order valence-electron chi connectivity index (χ4n) is 3.70. The minimum atomic E-state index is -0.486. The van der Waals surface area contributed by atoms with Crippen LogP contribution < -0.4 is 15.0 Å². The zero-order chi connectivity index (χ0) is 22.3. The highest BCUT2D eigenvalue weighted by Crippen LogP contribution is 2.29. The van der Waals surface area contributed by atoms with Crippen LogP contribution >= 0.6 is 0 Å². The van der Waals surface area contributed by atoms with E-state index in [1.807, 2.05) is 0 Å². The number of carbonyl (C=O) groups is 1. The van der Waals surface area contributed by atoms with Gasteiger partial charge in [0.05, 0.1) is 22.7 Å². The van der Waals surface area contributed by atoms with Gasteiger partial charge in [0.25, 0.3) is 11.6 Å². The maximum atomic E-state index is 13.1. The summed E-state index contributed by atoms with van der Waals surface area (Å²) in [6.07, 6.45) is 6.29. The number of non-ortho nitro benzene ring substituents is 1. The molecule has 0 radical (unpaired) electrons. The molecule has 1 N–H and O–H groups in total. The van der Waals surface area contributed by atoms with Crippen molar-refractivity contribution in [3.8, 4) is 5.75 Å². The summed E-state index contributed by atoms with van der Waals surface area (Å²) in [7, 11) is 0. The number of nitrogens with one attached hydrogen (secondary N) is 1. The maximum absolute atomic E-state index is 13.1. The zero-order valence-corrected chi connectivity index (χ0v) is 17.5. The number of piperidine rings is 1. The van der Waals surface area contributed by atoms with Crippen LogP contribution in [0.1, 0.15) is 29.6 Å². The van der Waals surface area contributed by atoms with Gasteiger partial charge in [0.15, 0.2) is 0 Å². The summed E-state index contributed by atoms with van der Waals surface area (Å²) < 4.78 is 7.40. The van der Waals surface area contributed by atoms with Gasteiger partial charge >= 0.3 is 0 Å². The minimum absolute atomic E-state index is 0.110. The van der Waals surface area contributed by atoms with Gasteiger partial charge in [-0.25, -0.2) is 9.67 Å². The molecule has 166 valence electrons. The van der Waals surface area contributed by atoms with E-state index in [4.69, 9.17) is 4.74 Å². The normalized spacial score (nSPS) is 13.6. The molecule has 0 bridgehead atoms. The number of hydrogen-bond acceptors (Lipinski definition) is 7. The molecule has 1 aliphatic rings. The van der Waals surface area contributed by atoms with Crippen LogP contribution in [0.2, 0.25) is 0 Å². The lowest BCUT2D eigenvalue weighted by molar-refractivity contribution is -0.384. The molecule has 0 atom stereocenters. The van der Waals surface area contributed by atoms with E-state index in [1.165, 1.54) is 18.5 Å². The first-order valence-corrected chi connectivity index (χ1v) is 10.5. The van der Waals surface area contributed by atoms with Gasteiger partial charge in [-0.2, -0.15) is 5.10 Å². The molecule has 2 heterocycles. The van der Waals surface area contributed by atoms with Gasteiger partial charge in [-0.05, 0) is 37.5 Å². The highest BCUT2D eigenvalue weighted by atomic mass is 16.6. The van der Waals surface area contributed by atoms with E-state index in [9.17, 15) is 14.9 Å². The van der Waals surface area contributed by atoms with Crippen LogP contribution in [0.5, 0.6) is 5.75 Å². The van der Waals surface area contributed by atoms with Gasteiger partial charge in [-0.1, -0.05) is 6.07 Å². The number of hydrogen-bond donors (Lipinski definition) is 1. The van der Waals surface area contributed by atoms with Crippen LogP contribution in [0.25, 0.3) is 0 Å². The topological polar surface area (TPSA) is 115 Å². The van der Waals surface area contributed by atoms with E-state index in [0.717, 1.165) is 32.4 Å². The molecule has 0 unspecified atom stereocenters. The predicted octanol–water partition coefficient (Wildman–Crippen LogP) is 3.51. The fraction of sp³-hybridized carbons (Fsp3) is 0.318. The van der Waals surface area contributed by atoms with Crippen LogP contribution in [0.3, 0.4) is 0 Å². The van der Waals surface area contributed by atoms with Crippen molar-refractivity contribution < 1.29 is 14.5 Å². The highest BCUT2D eigenvalue weighted by molar-refractivity contribution is 6.08. The van der Waals surface area contributed by atoms with Gasteiger partial charge in [0.2, 0.25) is 0 Å². The number of anilines is 2. The Bertz CT molecular complexity index is 1080. The highest BCUT2D eigenvalue weighted by Gasteiger charge is 2.22. The number of rotatable bonds is 8. The Morgan fingerprint density at radius 3 is 2.75 bits per heavy atom. The number of ether oxygens (including phenoxy) is 1. The first-order valence-electron chi connectivity index (χ1n) is 10.5. The molecule has 10 heteroatoms. The van der Waals surface area contributed by atoms with Gasteiger partial charge in [-0.15, -0.1) is 0 Å². The molecule has 0 saturated carbocycles. The summed E-state index contributed by atoms with van der Waals surface area (Å²) in [5.74, 6) is 0.201. The van der Waals surface area contributed by atoms with Gasteiger partial charge in [0, 0.05) is 37.0 Å². The van der Waals surface area contributed by atoms with E-state index in [-0.39, 0.29) is 5.69 Å². The lowest BCUT2D eigenvalue weighted by Gasteiger charge is -2.30. The van der Waals surface area contributed by atoms with E-state index in [2.05, 4.69) is 20.3 Å². The third-order valence-corrected chi connectivity index (χ3v) is 5.28. The average molecular weight is 436 g/mol. The summed E-state index contributed by atoms with van der Waals surface area (Å²) in [6.45, 7) is 2.59. The molecule has 1 fully saturated rings. The van der Waals surface area contributed by atoms with Crippen molar-refractivity contribution >= 4 is 23.0 Å². The molecule has 1 aromatic heterocycles. The number of aromatic nitrogens is 3. The Kier molecular flexibility index (Phi) is 6.59. The fourth-order valence-corrected chi connectivity index (χ4v) is 3.70. The van der Waals surface area contributed by atoms with Crippen molar-refractivity contribution in [1.29, 1.82) is 0 Å². The molecular formula is C22H24N6O4. The molecule has 32 heavy (non-hydrogen) atoms. The molecule has 10 nitrogen and oxygen atoms in total. The molecule has 3 aromatic rings.